The molecule has 1 aliphatic rings. The highest BCUT2D eigenvalue weighted by molar-refractivity contribution is 5.50. The molecule has 1 fully saturated rings. The largest absolute Gasteiger partial charge is 0.375 e. The summed E-state index contributed by atoms with van der Waals surface area (Å²) in [5, 5.41) is 0. The van der Waals surface area contributed by atoms with E-state index in [4.69, 9.17) is 10.5 Å². The van der Waals surface area contributed by atoms with E-state index in [1.54, 1.807) is 12.1 Å². The van der Waals surface area contributed by atoms with Crippen molar-refractivity contribution in [1.82, 2.24) is 0 Å². The van der Waals surface area contributed by atoms with E-state index in [9.17, 15) is 4.39 Å². The molecule has 0 bridgehead atoms. The van der Waals surface area contributed by atoms with E-state index in [1.165, 1.54) is 6.07 Å². The number of halogens is 1. The lowest BCUT2D eigenvalue weighted by Crippen LogP contribution is -2.61. The van der Waals surface area contributed by atoms with Gasteiger partial charge in [0.15, 0.2) is 0 Å². The quantitative estimate of drug-likeness (QED) is 0.905. The van der Waals surface area contributed by atoms with Crippen molar-refractivity contribution < 1.29 is 9.13 Å². The van der Waals surface area contributed by atoms with Gasteiger partial charge in [0.2, 0.25) is 0 Å². The zero-order valence-electron chi connectivity index (χ0n) is 13.4. The summed E-state index contributed by atoms with van der Waals surface area (Å²) in [6, 6.07) is 6.80. The third kappa shape index (κ3) is 3.22. The summed E-state index contributed by atoms with van der Waals surface area (Å²) in [4.78, 5) is 2.26. The van der Waals surface area contributed by atoms with Crippen molar-refractivity contribution in [2.45, 2.75) is 51.2 Å². The second-order valence-electron chi connectivity index (χ2n) is 6.23. The average molecular weight is 294 g/mol. The van der Waals surface area contributed by atoms with Crippen LogP contribution in [0.1, 0.15) is 40.0 Å². The van der Waals surface area contributed by atoms with Crippen molar-refractivity contribution in [2.24, 2.45) is 5.73 Å². The predicted octanol–water partition coefficient (Wildman–Crippen LogP) is 3.33. The topological polar surface area (TPSA) is 38.5 Å². The molecule has 2 rings (SSSR count). The maximum Gasteiger partial charge on any atom is 0.125 e. The molecule has 0 amide bonds. The molecular formula is C17H27FN2O. The van der Waals surface area contributed by atoms with Crippen molar-refractivity contribution >= 4 is 5.69 Å². The summed E-state index contributed by atoms with van der Waals surface area (Å²) in [7, 11) is 0. The number of hydrogen-bond acceptors (Lipinski definition) is 3. The molecule has 0 spiro atoms. The van der Waals surface area contributed by atoms with Crippen LogP contribution in [0.15, 0.2) is 24.3 Å². The van der Waals surface area contributed by atoms with Crippen molar-refractivity contribution in [3.8, 4) is 0 Å². The third-order valence-electron chi connectivity index (χ3n) is 4.86. The van der Waals surface area contributed by atoms with E-state index in [1.807, 2.05) is 6.07 Å². The standard InChI is InChI=1S/C17H27FN2O/c1-4-16(3)12-17(13-19,9-10-21-16)20(5-2)15-8-6-7-14(18)11-15/h6-8,11H,4-5,9-10,12-13,19H2,1-3H3. The Balaban J connectivity index is 2.37. The molecule has 2 N–H and O–H groups in total. The molecule has 21 heavy (non-hydrogen) atoms. The second kappa shape index (κ2) is 6.32. The fourth-order valence-electron chi connectivity index (χ4n) is 3.50. The summed E-state index contributed by atoms with van der Waals surface area (Å²) >= 11 is 0. The first-order chi connectivity index (χ1) is 9.98. The van der Waals surface area contributed by atoms with Gasteiger partial charge in [-0.3, -0.25) is 0 Å². The lowest BCUT2D eigenvalue weighted by atomic mass is 9.77. The van der Waals surface area contributed by atoms with Crippen molar-refractivity contribution in [1.29, 1.82) is 0 Å². The predicted molar refractivity (Wildman–Crippen MR) is 85.1 cm³/mol. The lowest BCUT2D eigenvalue weighted by molar-refractivity contribution is -0.0934. The zero-order chi connectivity index (χ0) is 15.5. The molecule has 1 aromatic carbocycles. The van der Waals surface area contributed by atoms with Crippen molar-refractivity contribution in [2.75, 3.05) is 24.6 Å². The Morgan fingerprint density at radius 2 is 2.14 bits per heavy atom. The molecular weight excluding hydrogens is 267 g/mol. The number of nitrogens with zero attached hydrogens (tertiary/aromatic N) is 1. The first-order valence-electron chi connectivity index (χ1n) is 7.86. The van der Waals surface area contributed by atoms with Crippen LogP contribution in [0.4, 0.5) is 10.1 Å². The summed E-state index contributed by atoms with van der Waals surface area (Å²) in [6.07, 6.45) is 2.70. The van der Waals surface area contributed by atoms with E-state index < -0.39 is 0 Å². The summed E-state index contributed by atoms with van der Waals surface area (Å²) in [5.41, 5.74) is 6.77. The number of rotatable bonds is 5. The Morgan fingerprint density at radius 3 is 2.71 bits per heavy atom. The molecule has 0 aliphatic carbocycles. The molecule has 0 radical (unpaired) electrons. The minimum Gasteiger partial charge on any atom is -0.375 e. The summed E-state index contributed by atoms with van der Waals surface area (Å²) in [5.74, 6) is -0.205. The van der Waals surface area contributed by atoms with Crippen LogP contribution in [0.5, 0.6) is 0 Å². The molecule has 1 aliphatic heterocycles. The van der Waals surface area contributed by atoms with Gasteiger partial charge in [-0.15, -0.1) is 0 Å². The van der Waals surface area contributed by atoms with Crippen molar-refractivity contribution in [3.05, 3.63) is 30.1 Å². The van der Waals surface area contributed by atoms with Crippen LogP contribution in [-0.2, 0) is 4.74 Å². The fourth-order valence-corrected chi connectivity index (χ4v) is 3.50. The maximum absolute atomic E-state index is 13.6. The van der Waals surface area contributed by atoms with Crippen LogP contribution in [0, 0.1) is 5.82 Å². The van der Waals surface area contributed by atoms with E-state index in [2.05, 4.69) is 25.7 Å². The highest BCUT2D eigenvalue weighted by atomic mass is 19.1. The van der Waals surface area contributed by atoms with E-state index in [0.717, 1.165) is 31.5 Å². The Labute approximate surface area is 127 Å². The number of benzene rings is 1. The van der Waals surface area contributed by atoms with Crippen LogP contribution < -0.4 is 10.6 Å². The number of hydrogen-bond donors (Lipinski definition) is 1. The first-order valence-corrected chi connectivity index (χ1v) is 7.86. The molecule has 0 aromatic heterocycles. The van der Waals surface area contributed by atoms with E-state index >= 15 is 0 Å². The Morgan fingerprint density at radius 1 is 1.38 bits per heavy atom. The van der Waals surface area contributed by atoms with Gasteiger partial charge >= 0.3 is 0 Å². The molecule has 2 unspecified atom stereocenters. The van der Waals surface area contributed by atoms with Crippen molar-refractivity contribution in [3.63, 3.8) is 0 Å². The maximum atomic E-state index is 13.6. The van der Waals surface area contributed by atoms with Gasteiger partial charge < -0.3 is 15.4 Å². The lowest BCUT2D eigenvalue weighted by Gasteiger charge is -2.52. The molecule has 1 aromatic rings. The molecule has 1 heterocycles. The Kier molecular flexibility index (Phi) is 4.89. The number of nitrogens with two attached hydrogens (primary N) is 1. The highest BCUT2D eigenvalue weighted by Gasteiger charge is 2.45. The first kappa shape index (κ1) is 16.2. The average Bonchev–Trinajstić information content (AvgIpc) is 2.48. The molecule has 2 atom stereocenters. The van der Waals surface area contributed by atoms with Crippen LogP contribution in [0.2, 0.25) is 0 Å². The number of ether oxygens (including phenoxy) is 1. The highest BCUT2D eigenvalue weighted by Crippen LogP contribution is 2.40. The normalized spacial score (nSPS) is 29.4. The number of likely N-dealkylation sites (N-methyl/N-ethyl adjacent to an activating group) is 1. The van der Waals surface area contributed by atoms with Gasteiger partial charge in [-0.1, -0.05) is 13.0 Å². The van der Waals surface area contributed by atoms with Gasteiger partial charge in [0.1, 0.15) is 5.82 Å². The van der Waals surface area contributed by atoms with Crippen LogP contribution in [0.25, 0.3) is 0 Å². The summed E-state index contributed by atoms with van der Waals surface area (Å²) < 4.78 is 19.6. The van der Waals surface area contributed by atoms with E-state index in [-0.39, 0.29) is 17.0 Å². The molecule has 118 valence electrons. The monoisotopic (exact) mass is 294 g/mol. The minimum absolute atomic E-state index is 0.154. The molecule has 1 saturated heterocycles. The second-order valence-corrected chi connectivity index (χ2v) is 6.23. The SMILES string of the molecule is CCN(c1cccc(F)c1)C1(CN)CCOC(C)(CC)C1. The zero-order valence-corrected chi connectivity index (χ0v) is 13.4. The Bertz CT molecular complexity index is 482. The minimum atomic E-state index is -0.205. The smallest absolute Gasteiger partial charge is 0.125 e. The molecule has 4 heteroatoms. The van der Waals surface area contributed by atoms with Gasteiger partial charge in [0.25, 0.3) is 0 Å². The van der Waals surface area contributed by atoms with Gasteiger partial charge in [-0.25, -0.2) is 4.39 Å². The Hall–Kier alpha value is -1.13. The van der Waals surface area contributed by atoms with Crippen LogP contribution >= 0.6 is 0 Å². The van der Waals surface area contributed by atoms with Crippen LogP contribution in [0.3, 0.4) is 0 Å². The third-order valence-corrected chi connectivity index (χ3v) is 4.86. The van der Waals surface area contributed by atoms with E-state index in [0.29, 0.717) is 13.2 Å². The van der Waals surface area contributed by atoms with Crippen LogP contribution in [-0.4, -0.2) is 30.8 Å². The molecule has 0 saturated carbocycles. The van der Waals surface area contributed by atoms with Gasteiger partial charge in [0, 0.05) is 31.8 Å². The van der Waals surface area contributed by atoms with Gasteiger partial charge in [-0.05, 0) is 44.9 Å². The molecule has 3 nitrogen and oxygen atoms in total. The fraction of sp³-hybridized carbons (Fsp3) is 0.647. The summed E-state index contributed by atoms with van der Waals surface area (Å²) in [6.45, 7) is 8.45. The van der Waals surface area contributed by atoms with Gasteiger partial charge in [-0.2, -0.15) is 0 Å². The number of anilines is 1. The van der Waals surface area contributed by atoms with Gasteiger partial charge in [0.05, 0.1) is 11.1 Å².